The van der Waals surface area contributed by atoms with Crippen molar-refractivity contribution >= 4 is 23.3 Å². The number of aryl methyl sites for hydroxylation is 1. The quantitative estimate of drug-likeness (QED) is 0.677. The molecule has 0 saturated carbocycles. The lowest BCUT2D eigenvalue weighted by Gasteiger charge is -2.10. The van der Waals surface area contributed by atoms with E-state index in [-0.39, 0.29) is 17.6 Å². The van der Waals surface area contributed by atoms with E-state index in [2.05, 4.69) is 22.7 Å². The van der Waals surface area contributed by atoms with Crippen molar-refractivity contribution in [3.63, 3.8) is 0 Å². The Kier molecular flexibility index (Phi) is 5.48. The molecule has 0 atom stereocenters. The van der Waals surface area contributed by atoms with E-state index in [4.69, 9.17) is 4.42 Å². The number of hydrogen-bond donors (Lipinski definition) is 2. The van der Waals surface area contributed by atoms with Crippen molar-refractivity contribution in [2.24, 2.45) is 0 Å². The highest BCUT2D eigenvalue weighted by Crippen LogP contribution is 2.15. The van der Waals surface area contributed by atoms with Crippen LogP contribution in [0.2, 0.25) is 0 Å². The fourth-order valence-electron chi connectivity index (χ4n) is 2.45. The normalized spacial score (nSPS) is 10.5. The summed E-state index contributed by atoms with van der Waals surface area (Å²) >= 11 is 0. The third-order valence-corrected chi connectivity index (χ3v) is 3.81. The van der Waals surface area contributed by atoms with E-state index < -0.39 is 0 Å². The van der Waals surface area contributed by atoms with E-state index in [1.54, 1.807) is 53.3 Å². The molecule has 2 aromatic heterocycles. The van der Waals surface area contributed by atoms with E-state index in [0.29, 0.717) is 17.1 Å². The summed E-state index contributed by atoms with van der Waals surface area (Å²) in [4.78, 5) is 24.6. The summed E-state index contributed by atoms with van der Waals surface area (Å²) in [7, 11) is 0. The third kappa shape index (κ3) is 4.18. The SMILES string of the molecule is CCCCn1nccc1NC(=O)c1cccc(NC(=O)c2ccco2)c1. The van der Waals surface area contributed by atoms with Gasteiger partial charge in [0.15, 0.2) is 5.76 Å². The topological polar surface area (TPSA) is 89.2 Å². The molecule has 0 aliphatic carbocycles. The van der Waals surface area contributed by atoms with Gasteiger partial charge < -0.3 is 15.1 Å². The van der Waals surface area contributed by atoms with Crippen LogP contribution in [0.4, 0.5) is 11.5 Å². The molecule has 0 aliphatic rings. The molecule has 0 bridgehead atoms. The molecular formula is C19H20N4O3. The zero-order valence-electron chi connectivity index (χ0n) is 14.4. The Hall–Kier alpha value is -3.35. The molecule has 7 nitrogen and oxygen atoms in total. The van der Waals surface area contributed by atoms with Gasteiger partial charge in [-0.3, -0.25) is 9.59 Å². The number of nitrogens with zero attached hydrogens (tertiary/aromatic N) is 2. The van der Waals surface area contributed by atoms with Gasteiger partial charge in [-0.1, -0.05) is 19.4 Å². The fourth-order valence-corrected chi connectivity index (χ4v) is 2.45. The average Bonchev–Trinajstić information content (AvgIpc) is 3.32. The van der Waals surface area contributed by atoms with Gasteiger partial charge in [0.05, 0.1) is 12.5 Å². The minimum Gasteiger partial charge on any atom is -0.459 e. The number of rotatable bonds is 7. The van der Waals surface area contributed by atoms with Gasteiger partial charge in [-0.15, -0.1) is 0 Å². The molecule has 3 aromatic rings. The van der Waals surface area contributed by atoms with Crippen LogP contribution < -0.4 is 10.6 Å². The Morgan fingerprint density at radius 1 is 1.12 bits per heavy atom. The molecular weight excluding hydrogens is 332 g/mol. The van der Waals surface area contributed by atoms with Gasteiger partial charge in [-0.2, -0.15) is 5.10 Å². The Morgan fingerprint density at radius 2 is 2.00 bits per heavy atom. The predicted octanol–water partition coefficient (Wildman–Crippen LogP) is 3.78. The van der Waals surface area contributed by atoms with Crippen LogP contribution in [-0.4, -0.2) is 21.6 Å². The first-order chi connectivity index (χ1) is 12.7. The van der Waals surface area contributed by atoms with E-state index in [9.17, 15) is 9.59 Å². The first-order valence-electron chi connectivity index (χ1n) is 8.45. The van der Waals surface area contributed by atoms with Crippen molar-refractivity contribution in [1.29, 1.82) is 0 Å². The highest BCUT2D eigenvalue weighted by atomic mass is 16.3. The first-order valence-corrected chi connectivity index (χ1v) is 8.45. The second-order valence-corrected chi connectivity index (χ2v) is 5.76. The number of aromatic nitrogens is 2. The van der Waals surface area contributed by atoms with Gasteiger partial charge in [-0.25, -0.2) is 4.68 Å². The number of carbonyl (C=O) groups is 2. The highest BCUT2D eigenvalue weighted by molar-refractivity contribution is 6.06. The van der Waals surface area contributed by atoms with Gasteiger partial charge in [0, 0.05) is 23.9 Å². The van der Waals surface area contributed by atoms with E-state index in [0.717, 1.165) is 19.4 Å². The van der Waals surface area contributed by atoms with Crippen molar-refractivity contribution in [3.05, 3.63) is 66.2 Å². The molecule has 0 aliphatic heterocycles. The van der Waals surface area contributed by atoms with E-state index >= 15 is 0 Å². The van der Waals surface area contributed by atoms with Crippen molar-refractivity contribution < 1.29 is 14.0 Å². The van der Waals surface area contributed by atoms with Crippen LogP contribution in [0, 0.1) is 0 Å². The minimum atomic E-state index is -0.370. The van der Waals surface area contributed by atoms with Crippen molar-refractivity contribution in [2.75, 3.05) is 10.6 Å². The maximum atomic E-state index is 12.5. The van der Waals surface area contributed by atoms with Crippen LogP contribution in [0.5, 0.6) is 0 Å². The van der Waals surface area contributed by atoms with Crippen LogP contribution >= 0.6 is 0 Å². The predicted molar refractivity (Wildman–Crippen MR) is 98.2 cm³/mol. The Labute approximate surface area is 151 Å². The molecule has 2 amide bonds. The Bertz CT molecular complexity index is 884. The van der Waals surface area contributed by atoms with E-state index in [1.165, 1.54) is 6.26 Å². The summed E-state index contributed by atoms with van der Waals surface area (Å²) in [5, 5.41) is 9.78. The first kappa shape index (κ1) is 17.5. The van der Waals surface area contributed by atoms with Crippen LogP contribution in [-0.2, 0) is 6.54 Å². The maximum Gasteiger partial charge on any atom is 0.291 e. The second-order valence-electron chi connectivity index (χ2n) is 5.76. The number of amides is 2. The smallest absolute Gasteiger partial charge is 0.291 e. The number of unbranched alkanes of at least 4 members (excludes halogenated alkanes) is 1. The number of carbonyl (C=O) groups excluding carboxylic acids is 2. The number of furan rings is 1. The number of hydrogen-bond acceptors (Lipinski definition) is 4. The number of anilines is 2. The molecule has 0 saturated heterocycles. The zero-order chi connectivity index (χ0) is 18.4. The largest absolute Gasteiger partial charge is 0.459 e. The minimum absolute atomic E-state index is 0.208. The van der Waals surface area contributed by atoms with Gasteiger partial charge in [0.1, 0.15) is 5.82 Å². The molecule has 0 radical (unpaired) electrons. The maximum absolute atomic E-state index is 12.5. The van der Waals surface area contributed by atoms with Crippen molar-refractivity contribution in [2.45, 2.75) is 26.3 Å². The summed E-state index contributed by atoms with van der Waals surface area (Å²) in [6.07, 6.45) is 5.12. The molecule has 0 unspecified atom stereocenters. The molecule has 1 aromatic carbocycles. The third-order valence-electron chi connectivity index (χ3n) is 3.81. The molecule has 3 rings (SSSR count). The standard InChI is InChI=1S/C19H20N4O3/c1-2-3-11-23-17(9-10-20-23)22-18(24)14-6-4-7-15(13-14)21-19(25)16-8-5-12-26-16/h4-10,12-13H,2-3,11H2,1H3,(H,21,25)(H,22,24). The van der Waals surface area contributed by atoms with E-state index in [1.807, 2.05) is 0 Å². The lowest BCUT2D eigenvalue weighted by molar-refractivity contribution is 0.0993. The van der Waals surface area contributed by atoms with Crippen LogP contribution in [0.15, 0.2) is 59.3 Å². The average molecular weight is 352 g/mol. The molecule has 0 fully saturated rings. The fraction of sp³-hybridized carbons (Fsp3) is 0.211. The molecule has 2 N–H and O–H groups in total. The Balaban J connectivity index is 1.68. The summed E-state index contributed by atoms with van der Waals surface area (Å²) < 4.78 is 6.83. The van der Waals surface area contributed by atoms with Crippen LogP contribution in [0.1, 0.15) is 40.7 Å². The van der Waals surface area contributed by atoms with Gasteiger partial charge in [-0.05, 0) is 36.8 Å². The second kappa shape index (κ2) is 8.15. The van der Waals surface area contributed by atoms with Crippen LogP contribution in [0.3, 0.4) is 0 Å². The molecule has 0 spiro atoms. The monoisotopic (exact) mass is 352 g/mol. The molecule has 134 valence electrons. The molecule has 26 heavy (non-hydrogen) atoms. The van der Waals surface area contributed by atoms with Crippen LogP contribution in [0.25, 0.3) is 0 Å². The zero-order valence-corrected chi connectivity index (χ0v) is 14.4. The van der Waals surface area contributed by atoms with Crippen molar-refractivity contribution in [1.82, 2.24) is 9.78 Å². The lowest BCUT2D eigenvalue weighted by atomic mass is 10.2. The van der Waals surface area contributed by atoms with Gasteiger partial charge in [0.2, 0.25) is 0 Å². The number of benzene rings is 1. The Morgan fingerprint density at radius 3 is 2.77 bits per heavy atom. The lowest BCUT2D eigenvalue weighted by Crippen LogP contribution is -2.17. The van der Waals surface area contributed by atoms with Gasteiger partial charge in [0.25, 0.3) is 11.8 Å². The summed E-state index contributed by atoms with van der Waals surface area (Å²) in [6, 6.07) is 11.7. The molecule has 7 heteroatoms. The summed E-state index contributed by atoms with van der Waals surface area (Å²) in [5.74, 6) is 0.218. The summed E-state index contributed by atoms with van der Waals surface area (Å²) in [6.45, 7) is 2.85. The highest BCUT2D eigenvalue weighted by Gasteiger charge is 2.12. The summed E-state index contributed by atoms with van der Waals surface area (Å²) in [5.41, 5.74) is 0.948. The number of nitrogens with one attached hydrogen (secondary N) is 2. The molecule has 2 heterocycles. The van der Waals surface area contributed by atoms with Gasteiger partial charge >= 0.3 is 0 Å². The van der Waals surface area contributed by atoms with Crippen molar-refractivity contribution in [3.8, 4) is 0 Å².